The number of benzene rings is 1. The molecule has 1 aliphatic heterocycles. The minimum absolute atomic E-state index is 0.0814. The molecular formula is C17H19FN2O2. The van der Waals surface area contributed by atoms with Gasteiger partial charge in [0.1, 0.15) is 11.6 Å². The van der Waals surface area contributed by atoms with Gasteiger partial charge in [-0.2, -0.15) is 0 Å². The topological polar surface area (TPSA) is 46.3 Å². The molecule has 1 unspecified atom stereocenters. The lowest BCUT2D eigenvalue weighted by atomic mass is 10.0. The van der Waals surface area contributed by atoms with Crippen LogP contribution in [0.4, 0.5) is 4.39 Å². The van der Waals surface area contributed by atoms with Crippen LogP contribution in [0.5, 0.6) is 0 Å². The molecule has 1 atom stereocenters. The van der Waals surface area contributed by atoms with Gasteiger partial charge in [0, 0.05) is 18.7 Å². The number of carbonyl (C=O) groups is 1. The SMILES string of the molecule is Cc1cc(CC(=O)N2CCCC2Cc2ccc(F)cc2)no1. The summed E-state index contributed by atoms with van der Waals surface area (Å²) in [4.78, 5) is 14.4. The minimum atomic E-state index is -0.232. The van der Waals surface area contributed by atoms with Gasteiger partial charge in [-0.05, 0) is 43.9 Å². The van der Waals surface area contributed by atoms with Crippen LogP contribution in [-0.2, 0) is 17.6 Å². The molecule has 0 radical (unpaired) electrons. The average molecular weight is 302 g/mol. The lowest BCUT2D eigenvalue weighted by Crippen LogP contribution is -2.37. The quantitative estimate of drug-likeness (QED) is 0.872. The van der Waals surface area contributed by atoms with Gasteiger partial charge in [-0.1, -0.05) is 17.3 Å². The predicted octanol–water partition coefficient (Wildman–Crippen LogP) is 2.90. The molecule has 1 aromatic heterocycles. The van der Waals surface area contributed by atoms with Gasteiger partial charge in [0.15, 0.2) is 0 Å². The van der Waals surface area contributed by atoms with Crippen molar-refractivity contribution in [2.45, 2.75) is 38.6 Å². The fourth-order valence-corrected chi connectivity index (χ4v) is 3.03. The van der Waals surface area contributed by atoms with E-state index in [0.717, 1.165) is 31.4 Å². The summed E-state index contributed by atoms with van der Waals surface area (Å²) in [5.41, 5.74) is 1.73. The van der Waals surface area contributed by atoms with Crippen molar-refractivity contribution >= 4 is 5.91 Å². The van der Waals surface area contributed by atoms with E-state index in [2.05, 4.69) is 5.16 Å². The van der Waals surface area contributed by atoms with Gasteiger partial charge in [-0.3, -0.25) is 4.79 Å². The average Bonchev–Trinajstić information content (AvgIpc) is 3.10. The monoisotopic (exact) mass is 302 g/mol. The summed E-state index contributed by atoms with van der Waals surface area (Å²) < 4.78 is 18.0. The van der Waals surface area contributed by atoms with Crippen molar-refractivity contribution in [3.8, 4) is 0 Å². The maximum Gasteiger partial charge on any atom is 0.228 e. The number of rotatable bonds is 4. The number of carbonyl (C=O) groups excluding carboxylic acids is 1. The summed E-state index contributed by atoms with van der Waals surface area (Å²) in [5, 5.41) is 3.88. The summed E-state index contributed by atoms with van der Waals surface area (Å²) in [5.74, 6) is 0.564. The standard InChI is InChI=1S/C17H19FN2O2/c1-12-9-15(19-22-12)11-17(21)20-8-2-3-16(20)10-13-4-6-14(18)7-5-13/h4-7,9,16H,2-3,8,10-11H2,1H3. The van der Waals surface area contributed by atoms with Crippen LogP contribution in [0.3, 0.4) is 0 Å². The first-order chi connectivity index (χ1) is 10.6. The Balaban J connectivity index is 1.64. The molecule has 1 aliphatic rings. The second-order valence-corrected chi connectivity index (χ2v) is 5.82. The molecular weight excluding hydrogens is 283 g/mol. The van der Waals surface area contributed by atoms with E-state index in [1.165, 1.54) is 12.1 Å². The van der Waals surface area contributed by atoms with Crippen molar-refractivity contribution in [1.82, 2.24) is 10.1 Å². The molecule has 1 saturated heterocycles. The maximum atomic E-state index is 13.0. The summed E-state index contributed by atoms with van der Waals surface area (Å²) in [6.07, 6.45) is 3.04. The molecule has 5 heteroatoms. The molecule has 1 aromatic carbocycles. The van der Waals surface area contributed by atoms with E-state index in [-0.39, 0.29) is 24.2 Å². The molecule has 0 N–H and O–H groups in total. The molecule has 0 saturated carbocycles. The Labute approximate surface area is 128 Å². The smallest absolute Gasteiger partial charge is 0.228 e. The van der Waals surface area contributed by atoms with Crippen LogP contribution in [0, 0.1) is 12.7 Å². The zero-order valence-corrected chi connectivity index (χ0v) is 12.6. The molecule has 3 rings (SSSR count). The maximum absolute atomic E-state index is 13.0. The van der Waals surface area contributed by atoms with E-state index in [4.69, 9.17) is 4.52 Å². The highest BCUT2D eigenvalue weighted by Gasteiger charge is 2.29. The second-order valence-electron chi connectivity index (χ2n) is 5.82. The number of hydrogen-bond donors (Lipinski definition) is 0. The number of hydrogen-bond acceptors (Lipinski definition) is 3. The summed E-state index contributed by atoms with van der Waals surface area (Å²) in [7, 11) is 0. The molecule has 0 spiro atoms. The van der Waals surface area contributed by atoms with Crippen LogP contribution in [0.25, 0.3) is 0 Å². The van der Waals surface area contributed by atoms with E-state index in [9.17, 15) is 9.18 Å². The fraction of sp³-hybridized carbons (Fsp3) is 0.412. The Morgan fingerprint density at radius 3 is 2.86 bits per heavy atom. The van der Waals surface area contributed by atoms with E-state index in [0.29, 0.717) is 11.5 Å². The van der Waals surface area contributed by atoms with E-state index >= 15 is 0 Å². The van der Waals surface area contributed by atoms with Crippen molar-refractivity contribution < 1.29 is 13.7 Å². The van der Waals surface area contributed by atoms with Crippen molar-refractivity contribution in [1.29, 1.82) is 0 Å². The van der Waals surface area contributed by atoms with Crippen molar-refractivity contribution in [3.63, 3.8) is 0 Å². The summed E-state index contributed by atoms with van der Waals surface area (Å²) >= 11 is 0. The molecule has 2 aromatic rings. The molecule has 2 heterocycles. The van der Waals surface area contributed by atoms with Crippen LogP contribution in [0.2, 0.25) is 0 Å². The van der Waals surface area contributed by atoms with Crippen LogP contribution >= 0.6 is 0 Å². The van der Waals surface area contributed by atoms with Gasteiger partial charge in [0.05, 0.1) is 12.1 Å². The van der Waals surface area contributed by atoms with Crippen molar-refractivity contribution in [2.24, 2.45) is 0 Å². The summed E-state index contributed by atoms with van der Waals surface area (Å²) in [6.45, 7) is 2.59. The zero-order chi connectivity index (χ0) is 15.5. The third-order valence-corrected chi connectivity index (χ3v) is 4.09. The molecule has 0 bridgehead atoms. The Bertz CT molecular complexity index is 651. The number of aryl methyl sites for hydroxylation is 1. The van der Waals surface area contributed by atoms with E-state index in [1.54, 1.807) is 18.2 Å². The van der Waals surface area contributed by atoms with Crippen molar-refractivity contribution in [2.75, 3.05) is 6.54 Å². The van der Waals surface area contributed by atoms with Crippen LogP contribution < -0.4 is 0 Å². The molecule has 1 amide bonds. The predicted molar refractivity (Wildman–Crippen MR) is 79.8 cm³/mol. The van der Waals surface area contributed by atoms with Crippen LogP contribution in [-0.4, -0.2) is 28.6 Å². The molecule has 116 valence electrons. The number of likely N-dealkylation sites (tertiary alicyclic amines) is 1. The van der Waals surface area contributed by atoms with Gasteiger partial charge in [0.2, 0.25) is 5.91 Å². The zero-order valence-electron chi connectivity index (χ0n) is 12.6. The Morgan fingerprint density at radius 1 is 1.41 bits per heavy atom. The highest BCUT2D eigenvalue weighted by atomic mass is 19.1. The van der Waals surface area contributed by atoms with Crippen LogP contribution in [0.1, 0.15) is 29.9 Å². The Hall–Kier alpha value is -2.17. The normalized spacial score (nSPS) is 17.9. The number of halogens is 1. The number of aromatic nitrogens is 1. The lowest BCUT2D eigenvalue weighted by molar-refractivity contribution is -0.131. The molecule has 0 aliphatic carbocycles. The lowest BCUT2D eigenvalue weighted by Gasteiger charge is -2.24. The molecule has 4 nitrogen and oxygen atoms in total. The van der Waals surface area contributed by atoms with Gasteiger partial charge in [-0.25, -0.2) is 4.39 Å². The number of amides is 1. The highest BCUT2D eigenvalue weighted by Crippen LogP contribution is 2.22. The van der Waals surface area contributed by atoms with Crippen molar-refractivity contribution in [3.05, 3.63) is 53.2 Å². The van der Waals surface area contributed by atoms with Gasteiger partial charge < -0.3 is 9.42 Å². The first-order valence-corrected chi connectivity index (χ1v) is 7.58. The van der Waals surface area contributed by atoms with E-state index < -0.39 is 0 Å². The van der Waals surface area contributed by atoms with Gasteiger partial charge >= 0.3 is 0 Å². The fourth-order valence-electron chi connectivity index (χ4n) is 3.03. The first-order valence-electron chi connectivity index (χ1n) is 7.58. The largest absolute Gasteiger partial charge is 0.361 e. The third kappa shape index (κ3) is 3.35. The van der Waals surface area contributed by atoms with Gasteiger partial charge in [0.25, 0.3) is 0 Å². The minimum Gasteiger partial charge on any atom is -0.361 e. The van der Waals surface area contributed by atoms with E-state index in [1.807, 2.05) is 11.8 Å². The Kier molecular flexibility index (Phi) is 4.22. The molecule has 22 heavy (non-hydrogen) atoms. The number of nitrogens with zero attached hydrogens (tertiary/aromatic N) is 2. The Morgan fingerprint density at radius 2 is 2.18 bits per heavy atom. The second kappa shape index (κ2) is 6.30. The summed E-state index contributed by atoms with van der Waals surface area (Å²) in [6, 6.07) is 8.49. The molecule has 1 fully saturated rings. The first kappa shape index (κ1) is 14.8. The highest BCUT2D eigenvalue weighted by molar-refractivity contribution is 5.79. The van der Waals surface area contributed by atoms with Crippen LogP contribution in [0.15, 0.2) is 34.9 Å². The third-order valence-electron chi connectivity index (χ3n) is 4.09. The van der Waals surface area contributed by atoms with Gasteiger partial charge in [-0.15, -0.1) is 0 Å².